The second-order valence-electron chi connectivity index (χ2n) is 2.14. The zero-order chi connectivity index (χ0) is 5.98. The Morgan fingerprint density at radius 1 is 1.88 bits per heavy atom. The number of nitrogens with one attached hydrogen (secondary N) is 1. The second kappa shape index (κ2) is 2.18. The summed E-state index contributed by atoms with van der Waals surface area (Å²) in [5.74, 6) is 0. The molecular weight excluding hydrogens is 100 g/mol. The molecule has 1 heterocycles. The highest BCUT2D eigenvalue weighted by molar-refractivity contribution is 5.05. The van der Waals surface area contributed by atoms with Crippen LogP contribution in [0.4, 0.5) is 0 Å². The van der Waals surface area contributed by atoms with Crippen molar-refractivity contribution < 1.29 is 0 Å². The van der Waals surface area contributed by atoms with Crippen LogP contribution < -0.4 is 5.43 Å². The standard InChI is InChI=1S/C6H12N2/c1-3-6-4-7-8(2)5-6/h4,7H,3,5H2,1-2H3. The van der Waals surface area contributed by atoms with E-state index in [0.717, 1.165) is 13.0 Å². The fourth-order valence-electron chi connectivity index (χ4n) is 0.811. The van der Waals surface area contributed by atoms with Crippen LogP contribution in [0.15, 0.2) is 11.8 Å². The number of likely N-dealkylation sites (N-methyl/N-ethyl adjacent to an activating group) is 1. The molecule has 0 saturated carbocycles. The molecule has 1 aliphatic rings. The highest BCUT2D eigenvalue weighted by Crippen LogP contribution is 2.04. The zero-order valence-electron chi connectivity index (χ0n) is 5.44. The molecule has 1 N–H and O–H groups in total. The summed E-state index contributed by atoms with van der Waals surface area (Å²) in [6.45, 7) is 3.25. The zero-order valence-corrected chi connectivity index (χ0v) is 5.44. The smallest absolute Gasteiger partial charge is 0.0403 e. The summed E-state index contributed by atoms with van der Waals surface area (Å²) in [5, 5.41) is 2.07. The first-order valence-electron chi connectivity index (χ1n) is 2.98. The normalized spacial score (nSPS) is 20.5. The van der Waals surface area contributed by atoms with Crippen LogP contribution >= 0.6 is 0 Å². The van der Waals surface area contributed by atoms with Crippen LogP contribution in [0, 0.1) is 0 Å². The third-order valence-electron chi connectivity index (χ3n) is 1.38. The molecule has 0 radical (unpaired) electrons. The lowest BCUT2D eigenvalue weighted by Crippen LogP contribution is -2.24. The minimum Gasteiger partial charge on any atom is -0.326 e. The van der Waals surface area contributed by atoms with Gasteiger partial charge in [-0.1, -0.05) is 6.92 Å². The Hall–Kier alpha value is -0.500. The topological polar surface area (TPSA) is 15.3 Å². The minimum absolute atomic E-state index is 1.08. The van der Waals surface area contributed by atoms with Crippen LogP contribution in [0.1, 0.15) is 13.3 Å². The highest BCUT2D eigenvalue weighted by atomic mass is 15.5. The molecule has 0 saturated heterocycles. The first-order chi connectivity index (χ1) is 3.83. The van der Waals surface area contributed by atoms with Gasteiger partial charge in [0.05, 0.1) is 0 Å². The molecule has 8 heavy (non-hydrogen) atoms. The summed E-state index contributed by atoms with van der Waals surface area (Å²) in [7, 11) is 2.04. The van der Waals surface area contributed by atoms with Gasteiger partial charge in [-0.15, -0.1) is 0 Å². The van der Waals surface area contributed by atoms with Crippen molar-refractivity contribution in [1.29, 1.82) is 0 Å². The van der Waals surface area contributed by atoms with Crippen molar-refractivity contribution in [2.75, 3.05) is 13.6 Å². The van der Waals surface area contributed by atoms with Gasteiger partial charge in [-0.25, -0.2) is 5.01 Å². The Bertz CT molecular complexity index is 107. The molecule has 0 aliphatic carbocycles. The van der Waals surface area contributed by atoms with E-state index in [4.69, 9.17) is 0 Å². The van der Waals surface area contributed by atoms with Crippen LogP contribution in [-0.4, -0.2) is 18.6 Å². The molecule has 0 amide bonds. The quantitative estimate of drug-likeness (QED) is 0.538. The molecule has 2 heteroatoms. The molecule has 0 aromatic carbocycles. The molecular formula is C6H12N2. The average Bonchev–Trinajstić information content (AvgIpc) is 2.14. The summed E-state index contributed by atoms with van der Waals surface area (Å²) in [4.78, 5) is 0. The van der Waals surface area contributed by atoms with E-state index in [1.54, 1.807) is 0 Å². The first-order valence-corrected chi connectivity index (χ1v) is 2.98. The Morgan fingerprint density at radius 3 is 2.88 bits per heavy atom. The monoisotopic (exact) mass is 112 g/mol. The van der Waals surface area contributed by atoms with E-state index in [9.17, 15) is 0 Å². The summed E-state index contributed by atoms with van der Waals surface area (Å²) < 4.78 is 0. The van der Waals surface area contributed by atoms with Gasteiger partial charge in [0.15, 0.2) is 0 Å². The van der Waals surface area contributed by atoms with Gasteiger partial charge >= 0.3 is 0 Å². The van der Waals surface area contributed by atoms with Gasteiger partial charge in [0.1, 0.15) is 0 Å². The number of hydrogen-bond acceptors (Lipinski definition) is 2. The van der Waals surface area contributed by atoms with Gasteiger partial charge in [-0.2, -0.15) is 0 Å². The fraction of sp³-hybridized carbons (Fsp3) is 0.667. The second-order valence-corrected chi connectivity index (χ2v) is 2.14. The molecule has 2 nitrogen and oxygen atoms in total. The lowest BCUT2D eigenvalue weighted by molar-refractivity contribution is 0.327. The molecule has 0 aromatic heterocycles. The van der Waals surface area contributed by atoms with E-state index in [0.29, 0.717) is 0 Å². The molecule has 0 fully saturated rings. The molecule has 0 atom stereocenters. The number of hydrogen-bond donors (Lipinski definition) is 1. The molecule has 0 unspecified atom stereocenters. The van der Waals surface area contributed by atoms with Gasteiger partial charge < -0.3 is 5.43 Å². The van der Waals surface area contributed by atoms with Crippen LogP contribution in [0.3, 0.4) is 0 Å². The predicted octanol–water partition coefficient (Wildman–Crippen LogP) is 0.730. The average molecular weight is 112 g/mol. The fourth-order valence-corrected chi connectivity index (χ4v) is 0.811. The number of hydrazine groups is 1. The van der Waals surface area contributed by atoms with Gasteiger partial charge in [0.25, 0.3) is 0 Å². The van der Waals surface area contributed by atoms with E-state index >= 15 is 0 Å². The summed E-state index contributed by atoms with van der Waals surface area (Å²) in [6.07, 6.45) is 3.23. The van der Waals surface area contributed by atoms with Crippen LogP contribution in [0.2, 0.25) is 0 Å². The van der Waals surface area contributed by atoms with Gasteiger partial charge in [-0.3, -0.25) is 0 Å². The SMILES string of the molecule is CCC1=CNN(C)C1. The van der Waals surface area contributed by atoms with Crippen LogP contribution in [0.25, 0.3) is 0 Å². The Balaban J connectivity index is 2.37. The van der Waals surface area contributed by atoms with Crippen LogP contribution in [-0.2, 0) is 0 Å². The maximum Gasteiger partial charge on any atom is 0.0403 e. The molecule has 46 valence electrons. The third-order valence-corrected chi connectivity index (χ3v) is 1.38. The maximum absolute atomic E-state index is 3.09. The van der Waals surface area contributed by atoms with Gasteiger partial charge in [-0.05, 0) is 12.0 Å². The van der Waals surface area contributed by atoms with Gasteiger partial charge in [0, 0.05) is 19.8 Å². The molecule has 1 rings (SSSR count). The van der Waals surface area contributed by atoms with Crippen molar-refractivity contribution in [3.8, 4) is 0 Å². The Labute approximate surface area is 50.1 Å². The number of nitrogens with zero attached hydrogens (tertiary/aromatic N) is 1. The summed E-state index contributed by atoms with van der Waals surface area (Å²) >= 11 is 0. The van der Waals surface area contributed by atoms with Gasteiger partial charge in [0.2, 0.25) is 0 Å². The molecule has 0 aromatic rings. The van der Waals surface area contributed by atoms with Crippen molar-refractivity contribution in [1.82, 2.24) is 10.4 Å². The van der Waals surface area contributed by atoms with E-state index < -0.39 is 0 Å². The van der Waals surface area contributed by atoms with E-state index in [-0.39, 0.29) is 0 Å². The summed E-state index contributed by atoms with van der Waals surface area (Å²) in [5.41, 5.74) is 4.57. The van der Waals surface area contributed by atoms with Crippen LogP contribution in [0.5, 0.6) is 0 Å². The number of rotatable bonds is 1. The van der Waals surface area contributed by atoms with Crippen molar-refractivity contribution in [2.45, 2.75) is 13.3 Å². The molecule has 1 aliphatic heterocycles. The lowest BCUT2D eigenvalue weighted by atomic mass is 10.2. The Kier molecular flexibility index (Phi) is 1.53. The lowest BCUT2D eigenvalue weighted by Gasteiger charge is -2.06. The van der Waals surface area contributed by atoms with E-state index in [2.05, 4.69) is 23.6 Å². The van der Waals surface area contributed by atoms with Crippen molar-refractivity contribution in [2.24, 2.45) is 0 Å². The maximum atomic E-state index is 3.09. The first kappa shape index (κ1) is 5.63. The molecule has 0 bridgehead atoms. The van der Waals surface area contributed by atoms with Crippen molar-refractivity contribution in [3.05, 3.63) is 11.8 Å². The molecule has 0 spiro atoms. The van der Waals surface area contributed by atoms with Crippen molar-refractivity contribution >= 4 is 0 Å². The van der Waals surface area contributed by atoms with E-state index in [1.807, 2.05) is 7.05 Å². The largest absolute Gasteiger partial charge is 0.326 e. The minimum atomic E-state index is 1.08. The van der Waals surface area contributed by atoms with E-state index in [1.165, 1.54) is 5.57 Å². The highest BCUT2D eigenvalue weighted by Gasteiger charge is 2.04. The van der Waals surface area contributed by atoms with Crippen molar-refractivity contribution in [3.63, 3.8) is 0 Å². The Morgan fingerprint density at radius 2 is 2.62 bits per heavy atom. The summed E-state index contributed by atoms with van der Waals surface area (Å²) in [6, 6.07) is 0. The predicted molar refractivity (Wildman–Crippen MR) is 34.1 cm³/mol. The third kappa shape index (κ3) is 1.01.